The molecule has 0 aromatic heterocycles. The first-order valence-electron chi connectivity index (χ1n) is 8.58. The zero-order valence-corrected chi connectivity index (χ0v) is 14.5. The molecule has 0 saturated carbocycles. The third kappa shape index (κ3) is 5.04. The SMILES string of the molecule is O=C(C=Cc1ccccc1)c1ccc(OCC(=O)N2CCOCC2)cc1. The predicted octanol–water partition coefficient (Wildman–Crippen LogP) is 2.82. The van der Waals surface area contributed by atoms with Crippen molar-refractivity contribution in [3.63, 3.8) is 0 Å². The van der Waals surface area contributed by atoms with Crippen LogP contribution in [0.5, 0.6) is 5.75 Å². The van der Waals surface area contributed by atoms with Gasteiger partial charge in [0.15, 0.2) is 12.4 Å². The van der Waals surface area contributed by atoms with Gasteiger partial charge >= 0.3 is 0 Å². The Labute approximate surface area is 152 Å². The smallest absolute Gasteiger partial charge is 0.260 e. The lowest BCUT2D eigenvalue weighted by molar-refractivity contribution is -0.137. The normalized spacial score (nSPS) is 14.4. The highest BCUT2D eigenvalue weighted by Gasteiger charge is 2.17. The molecule has 2 aromatic rings. The van der Waals surface area contributed by atoms with Gasteiger partial charge in [-0.05, 0) is 35.9 Å². The average Bonchev–Trinajstić information content (AvgIpc) is 2.72. The molecule has 1 heterocycles. The van der Waals surface area contributed by atoms with Crippen molar-refractivity contribution in [1.82, 2.24) is 4.90 Å². The van der Waals surface area contributed by atoms with E-state index in [0.29, 0.717) is 37.6 Å². The number of carbonyl (C=O) groups excluding carboxylic acids is 2. The molecular weight excluding hydrogens is 330 g/mol. The lowest BCUT2D eigenvalue weighted by Crippen LogP contribution is -2.42. The molecule has 134 valence electrons. The summed E-state index contributed by atoms with van der Waals surface area (Å²) < 4.78 is 10.7. The molecule has 1 aliphatic heterocycles. The fraction of sp³-hybridized carbons (Fsp3) is 0.238. The van der Waals surface area contributed by atoms with E-state index in [2.05, 4.69) is 0 Å². The topological polar surface area (TPSA) is 55.8 Å². The molecule has 1 saturated heterocycles. The van der Waals surface area contributed by atoms with E-state index in [1.54, 1.807) is 41.3 Å². The van der Waals surface area contributed by atoms with Crippen LogP contribution in [-0.2, 0) is 9.53 Å². The first-order chi connectivity index (χ1) is 12.7. The van der Waals surface area contributed by atoms with Crippen LogP contribution in [-0.4, -0.2) is 49.5 Å². The van der Waals surface area contributed by atoms with Crippen LogP contribution in [0, 0.1) is 0 Å². The highest BCUT2D eigenvalue weighted by atomic mass is 16.5. The Balaban J connectivity index is 1.52. The van der Waals surface area contributed by atoms with Crippen LogP contribution in [0.1, 0.15) is 15.9 Å². The Morgan fingerprint density at radius 2 is 1.69 bits per heavy atom. The number of rotatable bonds is 6. The van der Waals surface area contributed by atoms with E-state index in [1.807, 2.05) is 30.3 Å². The van der Waals surface area contributed by atoms with Gasteiger partial charge in [-0.2, -0.15) is 0 Å². The molecule has 0 bridgehead atoms. The molecule has 0 radical (unpaired) electrons. The van der Waals surface area contributed by atoms with Crippen molar-refractivity contribution in [2.75, 3.05) is 32.9 Å². The third-order valence-corrected chi connectivity index (χ3v) is 4.09. The van der Waals surface area contributed by atoms with Gasteiger partial charge < -0.3 is 14.4 Å². The Morgan fingerprint density at radius 1 is 1.00 bits per heavy atom. The van der Waals surface area contributed by atoms with Crippen molar-refractivity contribution in [1.29, 1.82) is 0 Å². The summed E-state index contributed by atoms with van der Waals surface area (Å²) in [5.74, 6) is 0.430. The molecule has 2 aromatic carbocycles. The van der Waals surface area contributed by atoms with Crippen LogP contribution >= 0.6 is 0 Å². The van der Waals surface area contributed by atoms with Crippen molar-refractivity contribution < 1.29 is 19.1 Å². The Bertz CT molecular complexity index is 762. The maximum absolute atomic E-state index is 12.2. The molecule has 0 spiro atoms. The van der Waals surface area contributed by atoms with Crippen molar-refractivity contribution in [3.8, 4) is 5.75 Å². The minimum absolute atomic E-state index is 0.0127. The van der Waals surface area contributed by atoms with Crippen LogP contribution in [0.3, 0.4) is 0 Å². The van der Waals surface area contributed by atoms with Gasteiger partial charge in [-0.25, -0.2) is 0 Å². The highest BCUT2D eigenvalue weighted by molar-refractivity contribution is 6.06. The quantitative estimate of drug-likeness (QED) is 0.593. The zero-order chi connectivity index (χ0) is 18.2. The van der Waals surface area contributed by atoms with Gasteiger partial charge in [0.05, 0.1) is 13.2 Å². The monoisotopic (exact) mass is 351 g/mol. The molecule has 0 N–H and O–H groups in total. The summed E-state index contributed by atoms with van der Waals surface area (Å²) in [7, 11) is 0. The van der Waals surface area contributed by atoms with Gasteiger partial charge in [-0.1, -0.05) is 36.4 Å². The molecule has 3 rings (SSSR count). The fourth-order valence-electron chi connectivity index (χ4n) is 2.60. The number of benzene rings is 2. The zero-order valence-electron chi connectivity index (χ0n) is 14.5. The van der Waals surface area contributed by atoms with Crippen LogP contribution in [0.25, 0.3) is 6.08 Å². The average molecular weight is 351 g/mol. The second-order valence-electron chi connectivity index (χ2n) is 5.91. The summed E-state index contributed by atoms with van der Waals surface area (Å²) >= 11 is 0. The van der Waals surface area contributed by atoms with Gasteiger partial charge in [-0.15, -0.1) is 0 Å². The number of carbonyl (C=O) groups is 2. The molecular formula is C21H21NO4. The summed E-state index contributed by atoms with van der Waals surface area (Å²) in [5.41, 5.74) is 1.55. The Morgan fingerprint density at radius 3 is 2.38 bits per heavy atom. The van der Waals surface area contributed by atoms with Gasteiger partial charge in [0.2, 0.25) is 0 Å². The summed E-state index contributed by atoms with van der Waals surface area (Å²) in [6.07, 6.45) is 3.33. The fourth-order valence-corrected chi connectivity index (χ4v) is 2.60. The standard InChI is InChI=1S/C21H21NO4/c23-20(11-6-17-4-2-1-3-5-17)18-7-9-19(10-8-18)26-16-21(24)22-12-14-25-15-13-22/h1-11H,12-16H2. The molecule has 5 nitrogen and oxygen atoms in total. The molecule has 0 atom stereocenters. The summed E-state index contributed by atoms with van der Waals surface area (Å²) in [5, 5.41) is 0. The van der Waals surface area contributed by atoms with Gasteiger partial charge in [0, 0.05) is 18.7 Å². The van der Waals surface area contributed by atoms with Crippen molar-refractivity contribution >= 4 is 17.8 Å². The van der Waals surface area contributed by atoms with Crippen LogP contribution < -0.4 is 4.74 Å². The van der Waals surface area contributed by atoms with E-state index in [9.17, 15) is 9.59 Å². The number of amides is 1. The number of ketones is 1. The van der Waals surface area contributed by atoms with Gasteiger partial charge in [0.1, 0.15) is 5.75 Å². The molecule has 1 fully saturated rings. The second-order valence-corrected chi connectivity index (χ2v) is 5.91. The van der Waals surface area contributed by atoms with Crippen molar-refractivity contribution in [3.05, 3.63) is 71.8 Å². The molecule has 1 amide bonds. The van der Waals surface area contributed by atoms with E-state index >= 15 is 0 Å². The Hall–Kier alpha value is -2.92. The van der Waals surface area contributed by atoms with E-state index in [1.165, 1.54) is 0 Å². The second kappa shape index (κ2) is 8.97. The largest absolute Gasteiger partial charge is 0.484 e. The number of nitrogens with zero attached hydrogens (tertiary/aromatic N) is 1. The van der Waals surface area contributed by atoms with Crippen molar-refractivity contribution in [2.45, 2.75) is 0 Å². The predicted molar refractivity (Wildman–Crippen MR) is 99.1 cm³/mol. The summed E-state index contributed by atoms with van der Waals surface area (Å²) in [6, 6.07) is 16.5. The first kappa shape index (κ1) is 17.9. The number of morpholine rings is 1. The molecule has 26 heavy (non-hydrogen) atoms. The molecule has 5 heteroatoms. The van der Waals surface area contributed by atoms with Crippen molar-refractivity contribution in [2.24, 2.45) is 0 Å². The van der Waals surface area contributed by atoms with E-state index in [0.717, 1.165) is 5.56 Å². The minimum Gasteiger partial charge on any atom is -0.484 e. The first-order valence-corrected chi connectivity index (χ1v) is 8.58. The van der Waals surface area contributed by atoms with Crippen LogP contribution in [0.15, 0.2) is 60.7 Å². The summed E-state index contributed by atoms with van der Waals surface area (Å²) in [6.45, 7) is 2.33. The maximum Gasteiger partial charge on any atom is 0.260 e. The molecule has 0 unspecified atom stereocenters. The van der Waals surface area contributed by atoms with E-state index in [-0.39, 0.29) is 18.3 Å². The summed E-state index contributed by atoms with van der Waals surface area (Å²) in [4.78, 5) is 26.0. The number of hydrogen-bond acceptors (Lipinski definition) is 4. The minimum atomic E-state index is -0.0789. The third-order valence-electron chi connectivity index (χ3n) is 4.09. The highest BCUT2D eigenvalue weighted by Crippen LogP contribution is 2.14. The number of ether oxygens (including phenoxy) is 2. The van der Waals surface area contributed by atoms with E-state index < -0.39 is 0 Å². The number of hydrogen-bond donors (Lipinski definition) is 0. The molecule has 0 aliphatic carbocycles. The van der Waals surface area contributed by atoms with Crippen LogP contribution in [0.2, 0.25) is 0 Å². The number of allylic oxidation sites excluding steroid dienone is 1. The van der Waals surface area contributed by atoms with Gasteiger partial charge in [0.25, 0.3) is 5.91 Å². The van der Waals surface area contributed by atoms with Crippen LogP contribution in [0.4, 0.5) is 0 Å². The Kier molecular flexibility index (Phi) is 6.17. The van der Waals surface area contributed by atoms with E-state index in [4.69, 9.17) is 9.47 Å². The maximum atomic E-state index is 12.2. The molecule has 1 aliphatic rings. The van der Waals surface area contributed by atoms with Gasteiger partial charge in [-0.3, -0.25) is 9.59 Å². The lowest BCUT2D eigenvalue weighted by Gasteiger charge is -2.26. The lowest BCUT2D eigenvalue weighted by atomic mass is 10.1.